The van der Waals surface area contributed by atoms with E-state index in [0.29, 0.717) is 15.7 Å². The van der Waals surface area contributed by atoms with E-state index in [4.69, 9.17) is 23.2 Å². The number of para-hydroxylation sites is 2. The lowest BCUT2D eigenvalue weighted by molar-refractivity contribution is -0.120. The van der Waals surface area contributed by atoms with Crippen molar-refractivity contribution in [2.24, 2.45) is 0 Å². The number of amides is 1. The molecule has 1 amide bonds. The van der Waals surface area contributed by atoms with Gasteiger partial charge >= 0.3 is 0 Å². The van der Waals surface area contributed by atoms with E-state index in [0.717, 1.165) is 26.2 Å². The van der Waals surface area contributed by atoms with Crippen molar-refractivity contribution in [3.05, 3.63) is 58.6 Å². The number of carbonyl (C=O) groups excluding carboxylic acids is 1. The molecule has 0 radical (unpaired) electrons. The van der Waals surface area contributed by atoms with E-state index in [2.05, 4.69) is 27.2 Å². The molecule has 6 heteroatoms. The first-order chi connectivity index (χ1) is 12.1. The van der Waals surface area contributed by atoms with Crippen molar-refractivity contribution in [1.82, 2.24) is 4.90 Å². The molecule has 0 saturated carbocycles. The van der Waals surface area contributed by atoms with Gasteiger partial charge in [0.1, 0.15) is 0 Å². The number of carbonyl (C=O) groups is 1. The van der Waals surface area contributed by atoms with Gasteiger partial charge in [0.25, 0.3) is 0 Å². The Bertz CT molecular complexity index is 710. The summed E-state index contributed by atoms with van der Waals surface area (Å²) in [5.74, 6) is -0.0943. The Balaban J connectivity index is 1.59. The Kier molecular flexibility index (Phi) is 5.84. The number of anilines is 2. The second-order valence-electron chi connectivity index (χ2n) is 6.12. The second-order valence-corrected chi connectivity index (χ2v) is 6.93. The van der Waals surface area contributed by atoms with Crippen LogP contribution in [0.25, 0.3) is 0 Å². The SMILES string of the molecule is C[C@@H](C(=O)Nc1c(Cl)cccc1Cl)N1CCN(c2ccccc2)CC1. The third-order valence-electron chi connectivity index (χ3n) is 4.57. The summed E-state index contributed by atoms with van der Waals surface area (Å²) in [5, 5.41) is 3.75. The van der Waals surface area contributed by atoms with Crippen LogP contribution in [0, 0.1) is 0 Å². The molecule has 0 aromatic heterocycles. The highest BCUT2D eigenvalue weighted by molar-refractivity contribution is 6.39. The lowest BCUT2D eigenvalue weighted by Crippen LogP contribution is -2.52. The number of hydrogen-bond donors (Lipinski definition) is 1. The summed E-state index contributed by atoms with van der Waals surface area (Å²) in [6, 6.07) is 15.3. The molecule has 0 spiro atoms. The van der Waals surface area contributed by atoms with E-state index in [1.807, 2.05) is 25.1 Å². The van der Waals surface area contributed by atoms with Crippen molar-refractivity contribution < 1.29 is 4.79 Å². The molecule has 0 unspecified atom stereocenters. The predicted octanol–water partition coefficient (Wildman–Crippen LogP) is 4.14. The normalized spacial score (nSPS) is 16.5. The molecule has 0 aliphatic carbocycles. The predicted molar refractivity (Wildman–Crippen MR) is 105 cm³/mol. The lowest BCUT2D eigenvalue weighted by atomic mass is 10.2. The van der Waals surface area contributed by atoms with E-state index in [9.17, 15) is 4.79 Å². The van der Waals surface area contributed by atoms with Crippen molar-refractivity contribution in [3.63, 3.8) is 0 Å². The van der Waals surface area contributed by atoms with Gasteiger partial charge in [-0.1, -0.05) is 47.5 Å². The van der Waals surface area contributed by atoms with Crippen molar-refractivity contribution in [2.75, 3.05) is 36.4 Å². The van der Waals surface area contributed by atoms with Crippen molar-refractivity contribution >= 4 is 40.5 Å². The topological polar surface area (TPSA) is 35.6 Å². The highest BCUT2D eigenvalue weighted by atomic mass is 35.5. The zero-order valence-corrected chi connectivity index (χ0v) is 15.6. The molecule has 1 aliphatic heterocycles. The summed E-state index contributed by atoms with van der Waals surface area (Å²) in [4.78, 5) is 17.1. The maximum absolute atomic E-state index is 12.6. The van der Waals surface area contributed by atoms with Crippen LogP contribution in [0.2, 0.25) is 10.0 Å². The highest BCUT2D eigenvalue weighted by Crippen LogP contribution is 2.30. The zero-order chi connectivity index (χ0) is 17.8. The van der Waals surface area contributed by atoms with Crippen LogP contribution < -0.4 is 10.2 Å². The van der Waals surface area contributed by atoms with Gasteiger partial charge in [-0.05, 0) is 31.2 Å². The molecular formula is C19H21Cl2N3O. The zero-order valence-electron chi connectivity index (χ0n) is 14.1. The maximum Gasteiger partial charge on any atom is 0.241 e. The fourth-order valence-corrected chi connectivity index (χ4v) is 3.51. The molecule has 1 N–H and O–H groups in total. The first kappa shape index (κ1) is 18.1. The number of benzene rings is 2. The van der Waals surface area contributed by atoms with Crippen LogP contribution in [0.1, 0.15) is 6.92 Å². The van der Waals surface area contributed by atoms with E-state index < -0.39 is 0 Å². The molecule has 2 aromatic carbocycles. The van der Waals surface area contributed by atoms with Crippen LogP contribution in [0.15, 0.2) is 48.5 Å². The molecule has 1 atom stereocenters. The summed E-state index contributed by atoms with van der Waals surface area (Å²) >= 11 is 12.3. The van der Waals surface area contributed by atoms with Gasteiger partial charge in [-0.15, -0.1) is 0 Å². The summed E-state index contributed by atoms with van der Waals surface area (Å²) in [6.07, 6.45) is 0. The van der Waals surface area contributed by atoms with Crippen molar-refractivity contribution in [1.29, 1.82) is 0 Å². The van der Waals surface area contributed by atoms with E-state index >= 15 is 0 Å². The molecule has 1 saturated heterocycles. The monoisotopic (exact) mass is 377 g/mol. The van der Waals surface area contributed by atoms with Gasteiger partial charge in [0, 0.05) is 31.9 Å². The summed E-state index contributed by atoms with van der Waals surface area (Å²) in [5.41, 5.74) is 1.70. The number of hydrogen-bond acceptors (Lipinski definition) is 3. The van der Waals surface area contributed by atoms with Gasteiger partial charge in [0.05, 0.1) is 21.8 Å². The Morgan fingerprint density at radius 2 is 1.56 bits per heavy atom. The van der Waals surface area contributed by atoms with Crippen molar-refractivity contribution in [3.8, 4) is 0 Å². The maximum atomic E-state index is 12.6. The number of nitrogens with zero attached hydrogens (tertiary/aromatic N) is 2. The fourth-order valence-electron chi connectivity index (χ4n) is 3.02. The molecule has 132 valence electrons. The van der Waals surface area contributed by atoms with Gasteiger partial charge in [0.2, 0.25) is 5.91 Å². The lowest BCUT2D eigenvalue weighted by Gasteiger charge is -2.38. The Hall–Kier alpha value is -1.75. The summed E-state index contributed by atoms with van der Waals surface area (Å²) < 4.78 is 0. The van der Waals surface area contributed by atoms with Gasteiger partial charge in [-0.2, -0.15) is 0 Å². The van der Waals surface area contributed by atoms with E-state index in [-0.39, 0.29) is 11.9 Å². The minimum atomic E-state index is -0.245. The third kappa shape index (κ3) is 4.27. The van der Waals surface area contributed by atoms with Crippen molar-refractivity contribution in [2.45, 2.75) is 13.0 Å². The second kappa shape index (κ2) is 8.09. The summed E-state index contributed by atoms with van der Waals surface area (Å²) in [7, 11) is 0. The van der Waals surface area contributed by atoms with Gasteiger partial charge in [0.15, 0.2) is 0 Å². The van der Waals surface area contributed by atoms with Crippen LogP contribution in [-0.2, 0) is 4.79 Å². The first-order valence-corrected chi connectivity index (χ1v) is 9.11. The van der Waals surface area contributed by atoms with Crippen LogP contribution in [0.4, 0.5) is 11.4 Å². The van der Waals surface area contributed by atoms with Crippen LogP contribution in [-0.4, -0.2) is 43.0 Å². The Morgan fingerprint density at radius 3 is 2.16 bits per heavy atom. The number of nitrogens with one attached hydrogen (secondary N) is 1. The van der Waals surface area contributed by atoms with Gasteiger partial charge in [-0.3, -0.25) is 9.69 Å². The quantitative estimate of drug-likeness (QED) is 0.869. The Morgan fingerprint density at radius 1 is 0.960 bits per heavy atom. The third-order valence-corrected chi connectivity index (χ3v) is 5.20. The minimum absolute atomic E-state index is 0.0943. The number of piperazine rings is 1. The van der Waals surface area contributed by atoms with Crippen LogP contribution in [0.5, 0.6) is 0 Å². The molecule has 25 heavy (non-hydrogen) atoms. The van der Waals surface area contributed by atoms with Crippen LogP contribution in [0.3, 0.4) is 0 Å². The molecular weight excluding hydrogens is 357 g/mol. The average molecular weight is 378 g/mol. The number of halogens is 2. The smallest absolute Gasteiger partial charge is 0.241 e. The largest absolute Gasteiger partial charge is 0.369 e. The fraction of sp³-hybridized carbons (Fsp3) is 0.316. The van der Waals surface area contributed by atoms with E-state index in [1.165, 1.54) is 5.69 Å². The highest BCUT2D eigenvalue weighted by Gasteiger charge is 2.26. The molecule has 1 heterocycles. The van der Waals surface area contributed by atoms with Gasteiger partial charge in [-0.25, -0.2) is 0 Å². The number of rotatable bonds is 4. The molecule has 4 nitrogen and oxygen atoms in total. The molecule has 3 rings (SSSR count). The molecule has 1 aliphatic rings. The molecule has 0 bridgehead atoms. The summed E-state index contributed by atoms with van der Waals surface area (Å²) in [6.45, 7) is 5.38. The first-order valence-electron chi connectivity index (χ1n) is 8.35. The standard InChI is InChI=1S/C19H21Cl2N3O/c1-14(19(25)22-18-16(20)8-5-9-17(18)21)23-10-12-24(13-11-23)15-6-3-2-4-7-15/h2-9,14H,10-13H2,1H3,(H,22,25)/t14-/m0/s1. The average Bonchev–Trinajstić information content (AvgIpc) is 2.65. The Labute approximate surface area is 158 Å². The molecule has 2 aromatic rings. The van der Waals surface area contributed by atoms with E-state index in [1.54, 1.807) is 18.2 Å². The van der Waals surface area contributed by atoms with Crippen LogP contribution >= 0.6 is 23.2 Å². The minimum Gasteiger partial charge on any atom is -0.369 e. The molecule has 1 fully saturated rings. The van der Waals surface area contributed by atoms with Gasteiger partial charge < -0.3 is 10.2 Å².